The van der Waals surface area contributed by atoms with Crippen molar-refractivity contribution in [3.8, 4) is 11.5 Å². The highest BCUT2D eigenvalue weighted by Gasteiger charge is 2.47. The zero-order valence-electron chi connectivity index (χ0n) is 22.7. The van der Waals surface area contributed by atoms with Crippen LogP contribution in [-0.4, -0.2) is 26.0 Å². The number of fused-ring (bicyclic) bond motifs is 3. The highest BCUT2D eigenvalue weighted by Crippen LogP contribution is 2.52. The van der Waals surface area contributed by atoms with E-state index in [0.29, 0.717) is 17.4 Å². The fourth-order valence-electron chi connectivity index (χ4n) is 5.33. The Morgan fingerprint density at radius 2 is 1.78 bits per heavy atom. The van der Waals surface area contributed by atoms with Gasteiger partial charge in [0.25, 0.3) is 15.9 Å². The van der Waals surface area contributed by atoms with E-state index < -0.39 is 38.2 Å². The number of alkyl halides is 3. The molecule has 2 aliphatic heterocycles. The average molecular weight is 590 g/mol. The number of carbonyl (C=O) groups excluding carboxylic acids is 1. The van der Waals surface area contributed by atoms with Gasteiger partial charge in [0.2, 0.25) is 0 Å². The van der Waals surface area contributed by atoms with E-state index in [1.807, 2.05) is 55.8 Å². The third kappa shape index (κ3) is 6.06. The molecule has 1 amide bonds. The van der Waals surface area contributed by atoms with Gasteiger partial charge in [-0.05, 0) is 69.5 Å². The minimum atomic E-state index is -4.76. The summed E-state index contributed by atoms with van der Waals surface area (Å²) >= 11 is 0. The standard InChI is InChI=1S/C30H30F3NO6S/c1-18-12-13-24-27(39-18)22-15-25(38-17-19-8-5-4-6-9-19)23(16-26(22)40-29(24,2)3)28(35)34-41(36,37)21-11-7-10-20(14-21)30(31,32)33/h4-11,14-16,18,24,27H,12-13,17H2,1-3H3,(H,34,35)/t18-,24-,27+/m0/s1. The van der Waals surface area contributed by atoms with E-state index in [0.717, 1.165) is 36.6 Å². The number of amides is 1. The van der Waals surface area contributed by atoms with Crippen molar-refractivity contribution in [2.45, 2.75) is 69.1 Å². The summed E-state index contributed by atoms with van der Waals surface area (Å²) in [5, 5.41) is 0. The van der Waals surface area contributed by atoms with Crippen molar-refractivity contribution in [1.82, 2.24) is 4.72 Å². The van der Waals surface area contributed by atoms with Crippen molar-refractivity contribution in [2.24, 2.45) is 5.92 Å². The Labute approximate surface area is 236 Å². The molecular weight excluding hydrogens is 559 g/mol. The Morgan fingerprint density at radius 1 is 1.05 bits per heavy atom. The summed E-state index contributed by atoms with van der Waals surface area (Å²) in [7, 11) is -4.67. The van der Waals surface area contributed by atoms with Crippen LogP contribution in [0.25, 0.3) is 0 Å². The van der Waals surface area contributed by atoms with Gasteiger partial charge in [-0.25, -0.2) is 13.1 Å². The normalized spacial score (nSPS) is 21.7. The molecular formula is C30H30F3NO6S. The number of halogens is 3. The Balaban J connectivity index is 1.53. The van der Waals surface area contributed by atoms with Crippen LogP contribution in [0.2, 0.25) is 0 Å². The van der Waals surface area contributed by atoms with Crippen molar-refractivity contribution in [1.29, 1.82) is 0 Å². The van der Waals surface area contributed by atoms with Crippen LogP contribution in [0.3, 0.4) is 0 Å². The fourth-order valence-corrected chi connectivity index (χ4v) is 6.35. The van der Waals surface area contributed by atoms with E-state index in [9.17, 15) is 26.4 Å². The number of ether oxygens (including phenoxy) is 3. The van der Waals surface area contributed by atoms with Gasteiger partial charge < -0.3 is 14.2 Å². The summed E-state index contributed by atoms with van der Waals surface area (Å²) in [6.45, 7) is 5.94. The molecule has 3 aromatic rings. The van der Waals surface area contributed by atoms with Gasteiger partial charge in [-0.3, -0.25) is 4.79 Å². The highest BCUT2D eigenvalue weighted by atomic mass is 32.2. The summed E-state index contributed by atoms with van der Waals surface area (Å²) in [4.78, 5) is 12.8. The zero-order valence-corrected chi connectivity index (χ0v) is 23.5. The van der Waals surface area contributed by atoms with Gasteiger partial charge in [0.15, 0.2) is 0 Å². The topological polar surface area (TPSA) is 90.9 Å². The lowest BCUT2D eigenvalue weighted by molar-refractivity contribution is -0.144. The van der Waals surface area contributed by atoms with Crippen molar-refractivity contribution in [2.75, 3.05) is 0 Å². The SMILES string of the molecule is C[C@H]1CC[C@H]2[C@H](O1)c1cc(OCc3ccccc3)c(C(=O)NS(=O)(=O)c3cccc(C(F)(F)F)c3)cc1OC2(C)C. The first-order valence-corrected chi connectivity index (χ1v) is 14.7. The Morgan fingerprint density at radius 3 is 2.49 bits per heavy atom. The van der Waals surface area contributed by atoms with Crippen molar-refractivity contribution in [3.05, 3.63) is 89.0 Å². The van der Waals surface area contributed by atoms with Gasteiger partial charge in [-0.2, -0.15) is 13.2 Å². The second kappa shape index (κ2) is 10.7. The van der Waals surface area contributed by atoms with E-state index in [2.05, 4.69) is 0 Å². The van der Waals surface area contributed by atoms with Crippen LogP contribution in [0.1, 0.15) is 66.8 Å². The molecule has 0 unspecified atom stereocenters. The first-order chi connectivity index (χ1) is 19.2. The number of benzene rings is 3. The maximum absolute atomic E-state index is 13.5. The third-order valence-electron chi connectivity index (χ3n) is 7.49. The fraction of sp³-hybridized carbons (Fsp3) is 0.367. The van der Waals surface area contributed by atoms with Gasteiger partial charge in [-0.15, -0.1) is 0 Å². The first kappa shape index (κ1) is 28.9. The summed E-state index contributed by atoms with van der Waals surface area (Å²) in [6.07, 6.45) is -3.34. The van der Waals surface area contributed by atoms with Gasteiger partial charge in [0.1, 0.15) is 23.7 Å². The molecule has 0 aromatic heterocycles. The number of carbonyl (C=O) groups is 1. The maximum Gasteiger partial charge on any atom is 0.416 e. The lowest BCUT2D eigenvalue weighted by atomic mass is 9.75. The van der Waals surface area contributed by atoms with Gasteiger partial charge >= 0.3 is 6.18 Å². The molecule has 11 heteroatoms. The zero-order chi connectivity index (χ0) is 29.6. The number of nitrogens with one attached hydrogen (secondary N) is 1. The van der Waals surface area contributed by atoms with Crippen LogP contribution in [0, 0.1) is 5.92 Å². The molecule has 0 spiro atoms. The predicted octanol–water partition coefficient (Wildman–Crippen LogP) is 6.43. The second-order valence-electron chi connectivity index (χ2n) is 10.9. The number of sulfonamides is 1. The Kier molecular flexibility index (Phi) is 7.54. The largest absolute Gasteiger partial charge is 0.488 e. The molecule has 0 aliphatic carbocycles. The van der Waals surface area contributed by atoms with Crippen LogP contribution in [-0.2, 0) is 27.5 Å². The quantitative estimate of drug-likeness (QED) is 0.356. The molecule has 1 saturated heterocycles. The highest BCUT2D eigenvalue weighted by molar-refractivity contribution is 7.90. The molecule has 0 radical (unpaired) electrons. The molecule has 3 atom stereocenters. The lowest BCUT2D eigenvalue weighted by Crippen LogP contribution is -2.48. The summed E-state index contributed by atoms with van der Waals surface area (Å²) < 4.78 is 86.2. The number of hydrogen-bond donors (Lipinski definition) is 1. The second-order valence-corrected chi connectivity index (χ2v) is 12.6. The molecule has 5 rings (SSSR count). The van der Waals surface area contributed by atoms with E-state index >= 15 is 0 Å². The third-order valence-corrected chi connectivity index (χ3v) is 8.82. The maximum atomic E-state index is 13.5. The molecule has 2 heterocycles. The van der Waals surface area contributed by atoms with Gasteiger partial charge in [-0.1, -0.05) is 36.4 Å². The number of rotatable bonds is 6. The van der Waals surface area contributed by atoms with E-state index in [1.54, 1.807) is 6.07 Å². The molecule has 41 heavy (non-hydrogen) atoms. The minimum absolute atomic E-state index is 0.00673. The summed E-state index contributed by atoms with van der Waals surface area (Å²) in [6, 6.07) is 15.4. The van der Waals surface area contributed by atoms with E-state index in [4.69, 9.17) is 14.2 Å². The van der Waals surface area contributed by atoms with Crippen molar-refractivity contribution < 1.29 is 40.6 Å². The van der Waals surface area contributed by atoms with Crippen LogP contribution in [0.15, 0.2) is 71.6 Å². The molecule has 7 nitrogen and oxygen atoms in total. The summed E-state index contributed by atoms with van der Waals surface area (Å²) in [5.74, 6) is -0.601. The predicted molar refractivity (Wildman–Crippen MR) is 144 cm³/mol. The van der Waals surface area contributed by atoms with Crippen molar-refractivity contribution in [3.63, 3.8) is 0 Å². The van der Waals surface area contributed by atoms with Crippen LogP contribution in [0.4, 0.5) is 13.2 Å². The lowest BCUT2D eigenvalue weighted by Gasteiger charge is -2.48. The van der Waals surface area contributed by atoms with Crippen LogP contribution in [0.5, 0.6) is 11.5 Å². The Bertz CT molecular complexity index is 1560. The molecule has 0 saturated carbocycles. The van der Waals surface area contributed by atoms with Gasteiger partial charge in [0.05, 0.1) is 28.2 Å². The first-order valence-electron chi connectivity index (χ1n) is 13.2. The monoisotopic (exact) mass is 589 g/mol. The molecule has 0 bridgehead atoms. The van der Waals surface area contributed by atoms with Crippen LogP contribution < -0.4 is 14.2 Å². The minimum Gasteiger partial charge on any atom is -0.488 e. The number of hydrogen-bond acceptors (Lipinski definition) is 6. The smallest absolute Gasteiger partial charge is 0.416 e. The summed E-state index contributed by atoms with van der Waals surface area (Å²) in [5.41, 5.74) is -0.442. The average Bonchev–Trinajstić information content (AvgIpc) is 2.91. The van der Waals surface area contributed by atoms with E-state index in [-0.39, 0.29) is 36.0 Å². The van der Waals surface area contributed by atoms with Crippen molar-refractivity contribution >= 4 is 15.9 Å². The molecule has 1 N–H and O–H groups in total. The van der Waals surface area contributed by atoms with E-state index in [1.165, 1.54) is 6.07 Å². The molecule has 3 aromatic carbocycles. The van der Waals surface area contributed by atoms with Gasteiger partial charge in [0, 0.05) is 11.5 Å². The Hall–Kier alpha value is -3.57. The van der Waals surface area contributed by atoms with Crippen LogP contribution >= 0.6 is 0 Å². The molecule has 2 aliphatic rings. The molecule has 1 fully saturated rings. The molecule has 218 valence electrons.